The molecule has 0 fully saturated rings. The summed E-state index contributed by atoms with van der Waals surface area (Å²) in [5.41, 5.74) is 0.347. The molecule has 1 rings (SSSR count). The van der Waals surface area contributed by atoms with Gasteiger partial charge in [0.05, 0.1) is 12.3 Å². The van der Waals surface area contributed by atoms with Crippen molar-refractivity contribution in [2.24, 2.45) is 0 Å². The number of para-hydroxylation sites is 1. The van der Waals surface area contributed by atoms with Crippen molar-refractivity contribution in [3.8, 4) is 0 Å². The van der Waals surface area contributed by atoms with Gasteiger partial charge in [0.2, 0.25) is 0 Å². The lowest BCUT2D eigenvalue weighted by atomic mass is 9.95. The van der Waals surface area contributed by atoms with Crippen LogP contribution in [-0.2, 0) is 0 Å². The predicted molar refractivity (Wildman–Crippen MR) is 82.7 cm³/mol. The molecular weight excluding hydrogens is 255 g/mol. The van der Waals surface area contributed by atoms with Crippen LogP contribution in [0.3, 0.4) is 0 Å². The second kappa shape index (κ2) is 7.60. The van der Waals surface area contributed by atoms with Gasteiger partial charge in [0.25, 0.3) is 0 Å². The number of aliphatic hydroxyl groups is 1. The smallest absolute Gasteiger partial charge is 0.146 e. The highest BCUT2D eigenvalue weighted by molar-refractivity contribution is 5.46. The normalized spacial score (nSPS) is 14.3. The number of nitrogens with one attached hydrogen (secondary N) is 1. The minimum Gasteiger partial charge on any atom is -0.394 e. The lowest BCUT2D eigenvalue weighted by Crippen LogP contribution is -2.49. The number of halogens is 1. The third kappa shape index (κ3) is 5.10. The van der Waals surface area contributed by atoms with Crippen molar-refractivity contribution in [1.29, 1.82) is 0 Å². The lowest BCUT2D eigenvalue weighted by Gasteiger charge is -2.32. The third-order valence-corrected chi connectivity index (χ3v) is 3.47. The van der Waals surface area contributed by atoms with Crippen LogP contribution < -0.4 is 10.2 Å². The van der Waals surface area contributed by atoms with E-state index in [9.17, 15) is 9.50 Å². The molecule has 0 saturated carbocycles. The average molecular weight is 282 g/mol. The highest BCUT2D eigenvalue weighted by Crippen LogP contribution is 2.19. The number of aliphatic hydroxyl groups excluding tert-OH is 1. The Morgan fingerprint density at radius 3 is 2.55 bits per heavy atom. The quantitative estimate of drug-likeness (QED) is 0.769. The van der Waals surface area contributed by atoms with Crippen LogP contribution >= 0.6 is 0 Å². The molecule has 0 amide bonds. The van der Waals surface area contributed by atoms with Crippen molar-refractivity contribution in [1.82, 2.24) is 5.32 Å². The summed E-state index contributed by atoms with van der Waals surface area (Å²) in [5.74, 6) is -0.194. The number of benzene rings is 1. The zero-order valence-electron chi connectivity index (χ0n) is 13.0. The summed E-state index contributed by atoms with van der Waals surface area (Å²) in [5, 5.41) is 12.9. The van der Waals surface area contributed by atoms with Gasteiger partial charge in [-0.25, -0.2) is 4.39 Å². The van der Waals surface area contributed by atoms with Crippen molar-refractivity contribution in [2.75, 3.05) is 25.1 Å². The molecule has 0 aliphatic carbocycles. The highest BCUT2D eigenvalue weighted by atomic mass is 19.1. The highest BCUT2D eigenvalue weighted by Gasteiger charge is 2.23. The molecule has 0 saturated heterocycles. The van der Waals surface area contributed by atoms with E-state index in [0.29, 0.717) is 11.7 Å². The maximum absolute atomic E-state index is 13.6. The molecule has 20 heavy (non-hydrogen) atoms. The zero-order chi connectivity index (χ0) is 15.2. The first-order valence-corrected chi connectivity index (χ1v) is 7.22. The van der Waals surface area contributed by atoms with Gasteiger partial charge in [0, 0.05) is 25.2 Å². The SMILES string of the molecule is CC(C)NC(C)(CO)CCCN(C)c1ccccc1F. The van der Waals surface area contributed by atoms with E-state index in [4.69, 9.17) is 0 Å². The molecule has 0 aromatic heterocycles. The molecule has 3 nitrogen and oxygen atoms in total. The first-order chi connectivity index (χ1) is 9.38. The fourth-order valence-corrected chi connectivity index (χ4v) is 2.48. The number of hydrogen-bond donors (Lipinski definition) is 2. The van der Waals surface area contributed by atoms with Crippen molar-refractivity contribution in [3.63, 3.8) is 0 Å². The van der Waals surface area contributed by atoms with E-state index in [2.05, 4.69) is 19.2 Å². The van der Waals surface area contributed by atoms with Crippen LogP contribution in [0.5, 0.6) is 0 Å². The monoisotopic (exact) mass is 282 g/mol. The van der Waals surface area contributed by atoms with Crippen molar-refractivity contribution in [3.05, 3.63) is 30.1 Å². The predicted octanol–water partition coefficient (Wildman–Crippen LogP) is 2.79. The summed E-state index contributed by atoms with van der Waals surface area (Å²) in [6.45, 7) is 7.03. The Balaban J connectivity index is 2.49. The van der Waals surface area contributed by atoms with E-state index >= 15 is 0 Å². The molecule has 0 aliphatic heterocycles. The zero-order valence-corrected chi connectivity index (χ0v) is 13.0. The Hall–Kier alpha value is -1.13. The summed E-state index contributed by atoms with van der Waals surface area (Å²) < 4.78 is 13.6. The van der Waals surface area contributed by atoms with Crippen LogP contribution in [0.1, 0.15) is 33.6 Å². The lowest BCUT2D eigenvalue weighted by molar-refractivity contribution is 0.155. The number of rotatable bonds is 8. The Kier molecular flexibility index (Phi) is 6.43. The molecule has 1 aromatic carbocycles. The molecule has 0 spiro atoms. The second-order valence-electron chi connectivity index (χ2n) is 5.99. The van der Waals surface area contributed by atoms with Crippen LogP contribution in [0.4, 0.5) is 10.1 Å². The van der Waals surface area contributed by atoms with Crippen LogP contribution in [-0.4, -0.2) is 36.9 Å². The van der Waals surface area contributed by atoms with Gasteiger partial charge in [0.1, 0.15) is 5.82 Å². The van der Waals surface area contributed by atoms with E-state index in [1.165, 1.54) is 6.07 Å². The molecule has 1 aromatic rings. The van der Waals surface area contributed by atoms with Crippen LogP contribution in [0.2, 0.25) is 0 Å². The van der Waals surface area contributed by atoms with Crippen LogP contribution in [0.25, 0.3) is 0 Å². The number of hydrogen-bond acceptors (Lipinski definition) is 3. The Bertz CT molecular complexity index is 411. The topological polar surface area (TPSA) is 35.5 Å². The molecule has 1 atom stereocenters. The summed E-state index contributed by atoms with van der Waals surface area (Å²) in [6, 6.07) is 7.13. The van der Waals surface area contributed by atoms with Crippen LogP contribution in [0.15, 0.2) is 24.3 Å². The van der Waals surface area contributed by atoms with E-state index in [-0.39, 0.29) is 18.0 Å². The number of nitrogens with zero attached hydrogens (tertiary/aromatic N) is 1. The van der Waals surface area contributed by atoms with Gasteiger partial charge in [0.15, 0.2) is 0 Å². The molecule has 4 heteroatoms. The summed E-state index contributed by atoms with van der Waals surface area (Å²) in [4.78, 5) is 1.92. The van der Waals surface area contributed by atoms with Gasteiger partial charge in [-0.15, -0.1) is 0 Å². The summed E-state index contributed by atoms with van der Waals surface area (Å²) >= 11 is 0. The fraction of sp³-hybridized carbons (Fsp3) is 0.625. The maximum Gasteiger partial charge on any atom is 0.146 e. The van der Waals surface area contributed by atoms with Gasteiger partial charge < -0.3 is 15.3 Å². The van der Waals surface area contributed by atoms with E-state index in [0.717, 1.165) is 19.4 Å². The largest absolute Gasteiger partial charge is 0.394 e. The second-order valence-corrected chi connectivity index (χ2v) is 5.99. The Labute approximate surface area is 121 Å². The van der Waals surface area contributed by atoms with Gasteiger partial charge in [-0.05, 0) is 31.9 Å². The maximum atomic E-state index is 13.6. The van der Waals surface area contributed by atoms with E-state index in [1.54, 1.807) is 12.1 Å². The summed E-state index contributed by atoms with van der Waals surface area (Å²) in [7, 11) is 1.89. The third-order valence-electron chi connectivity index (χ3n) is 3.47. The van der Waals surface area contributed by atoms with Gasteiger partial charge in [-0.1, -0.05) is 26.0 Å². The standard InChI is InChI=1S/C16H27FN2O/c1-13(2)18-16(3,12-20)10-7-11-19(4)15-9-6-5-8-14(15)17/h5-6,8-9,13,18,20H,7,10-12H2,1-4H3. The molecule has 0 radical (unpaired) electrons. The molecule has 0 bridgehead atoms. The average Bonchev–Trinajstić information content (AvgIpc) is 2.38. The van der Waals surface area contributed by atoms with Gasteiger partial charge in [-0.2, -0.15) is 0 Å². The van der Waals surface area contributed by atoms with E-state index < -0.39 is 0 Å². The van der Waals surface area contributed by atoms with Crippen molar-refractivity contribution in [2.45, 2.75) is 45.2 Å². The van der Waals surface area contributed by atoms with Crippen LogP contribution in [0, 0.1) is 5.82 Å². The van der Waals surface area contributed by atoms with E-state index in [1.807, 2.05) is 24.9 Å². The first kappa shape index (κ1) is 16.9. The minimum atomic E-state index is -0.274. The Morgan fingerprint density at radius 2 is 2.00 bits per heavy atom. The molecule has 0 heterocycles. The summed E-state index contributed by atoms with van der Waals surface area (Å²) in [6.07, 6.45) is 1.74. The molecular formula is C16H27FN2O. The molecule has 0 aliphatic rings. The first-order valence-electron chi connectivity index (χ1n) is 7.22. The molecule has 114 valence electrons. The van der Waals surface area contributed by atoms with Crippen molar-refractivity contribution < 1.29 is 9.50 Å². The fourth-order valence-electron chi connectivity index (χ4n) is 2.48. The number of anilines is 1. The van der Waals surface area contributed by atoms with Gasteiger partial charge >= 0.3 is 0 Å². The molecule has 1 unspecified atom stereocenters. The van der Waals surface area contributed by atoms with Gasteiger partial charge in [-0.3, -0.25) is 0 Å². The molecule has 2 N–H and O–H groups in total. The Morgan fingerprint density at radius 1 is 1.35 bits per heavy atom. The minimum absolute atomic E-state index is 0.106. The van der Waals surface area contributed by atoms with Crippen molar-refractivity contribution >= 4 is 5.69 Å².